The zero-order chi connectivity index (χ0) is 13.3. The van der Waals surface area contributed by atoms with Gasteiger partial charge in [0.1, 0.15) is 5.82 Å². The first-order valence-corrected chi connectivity index (χ1v) is 6.20. The van der Waals surface area contributed by atoms with Crippen molar-refractivity contribution in [3.8, 4) is 0 Å². The summed E-state index contributed by atoms with van der Waals surface area (Å²) >= 11 is 1.16. The van der Waals surface area contributed by atoms with E-state index < -0.39 is 0 Å². The molecular weight excluding hydrogens is 255 g/mol. The molecule has 1 aromatic carbocycles. The summed E-state index contributed by atoms with van der Waals surface area (Å²) in [6.07, 6.45) is 0. The van der Waals surface area contributed by atoms with Crippen LogP contribution in [0, 0.1) is 5.82 Å². The Balaban J connectivity index is 2.40. The summed E-state index contributed by atoms with van der Waals surface area (Å²) in [6.45, 7) is 3.74. The second-order valence-electron chi connectivity index (χ2n) is 4.06. The first-order valence-electron chi connectivity index (χ1n) is 5.39. The maximum absolute atomic E-state index is 13.1. The molecule has 5 nitrogen and oxygen atoms in total. The van der Waals surface area contributed by atoms with E-state index in [9.17, 15) is 9.18 Å². The van der Waals surface area contributed by atoms with E-state index in [0.29, 0.717) is 15.7 Å². The molecule has 18 heavy (non-hydrogen) atoms. The molecule has 0 spiro atoms. The third-order valence-electron chi connectivity index (χ3n) is 2.37. The number of benzene rings is 1. The molecule has 1 heterocycles. The van der Waals surface area contributed by atoms with Gasteiger partial charge in [-0.2, -0.15) is 0 Å². The standard InChI is InChI=1S/C11H13FN4OS/c1-6(2)16-10(17)14-15-11(16)18-9-5-7(12)3-4-8(9)13/h3-6H,13H2,1-2H3,(H,14,17). The molecule has 2 aromatic rings. The van der Waals surface area contributed by atoms with Gasteiger partial charge in [0.25, 0.3) is 0 Å². The average Bonchev–Trinajstić information content (AvgIpc) is 2.65. The van der Waals surface area contributed by atoms with E-state index in [4.69, 9.17) is 5.73 Å². The molecule has 0 amide bonds. The number of nitrogens with two attached hydrogens (primary N) is 1. The van der Waals surface area contributed by atoms with Crippen LogP contribution in [0.3, 0.4) is 0 Å². The summed E-state index contributed by atoms with van der Waals surface area (Å²) in [5.41, 5.74) is 5.92. The molecule has 96 valence electrons. The van der Waals surface area contributed by atoms with Crippen molar-refractivity contribution in [2.75, 3.05) is 5.73 Å². The van der Waals surface area contributed by atoms with E-state index in [1.54, 1.807) is 0 Å². The number of hydrogen-bond acceptors (Lipinski definition) is 4. The van der Waals surface area contributed by atoms with Crippen molar-refractivity contribution in [3.63, 3.8) is 0 Å². The van der Waals surface area contributed by atoms with Crippen LogP contribution in [-0.2, 0) is 0 Å². The van der Waals surface area contributed by atoms with Crippen LogP contribution in [0.15, 0.2) is 33.0 Å². The monoisotopic (exact) mass is 268 g/mol. The average molecular weight is 268 g/mol. The Labute approximate surface area is 107 Å². The summed E-state index contributed by atoms with van der Waals surface area (Å²) in [5.74, 6) is -0.374. The number of hydrogen-bond donors (Lipinski definition) is 2. The summed E-state index contributed by atoms with van der Waals surface area (Å²) < 4.78 is 14.6. The molecule has 0 radical (unpaired) electrons. The summed E-state index contributed by atoms with van der Waals surface area (Å²) in [7, 11) is 0. The van der Waals surface area contributed by atoms with Crippen LogP contribution in [0.25, 0.3) is 0 Å². The molecule has 2 rings (SSSR count). The molecule has 0 fully saturated rings. The van der Waals surface area contributed by atoms with Gasteiger partial charge in [0.05, 0.1) is 0 Å². The quantitative estimate of drug-likeness (QED) is 0.835. The van der Waals surface area contributed by atoms with Gasteiger partial charge in [-0.05, 0) is 43.8 Å². The number of halogens is 1. The molecule has 0 saturated carbocycles. The molecule has 3 N–H and O–H groups in total. The van der Waals surface area contributed by atoms with E-state index in [1.165, 1.54) is 22.8 Å². The van der Waals surface area contributed by atoms with Crippen LogP contribution in [0.4, 0.5) is 10.1 Å². The number of H-pyrrole nitrogens is 1. The van der Waals surface area contributed by atoms with Gasteiger partial charge in [0.15, 0.2) is 5.16 Å². The molecule has 0 unspecified atom stereocenters. The molecule has 0 atom stereocenters. The lowest BCUT2D eigenvalue weighted by atomic mass is 10.3. The van der Waals surface area contributed by atoms with Gasteiger partial charge in [-0.15, -0.1) is 5.10 Å². The van der Waals surface area contributed by atoms with E-state index in [0.717, 1.165) is 11.8 Å². The fourth-order valence-electron chi connectivity index (χ4n) is 1.51. The zero-order valence-corrected chi connectivity index (χ0v) is 10.8. The van der Waals surface area contributed by atoms with Crippen LogP contribution < -0.4 is 11.4 Å². The topological polar surface area (TPSA) is 76.7 Å². The SMILES string of the molecule is CC(C)n1c(Sc2cc(F)ccc2N)n[nH]c1=O. The highest BCUT2D eigenvalue weighted by Gasteiger charge is 2.14. The number of anilines is 1. The number of aromatic nitrogens is 3. The van der Waals surface area contributed by atoms with Crippen molar-refractivity contribution in [3.05, 3.63) is 34.5 Å². The number of aromatic amines is 1. The van der Waals surface area contributed by atoms with Crippen LogP contribution in [0.1, 0.15) is 19.9 Å². The van der Waals surface area contributed by atoms with Gasteiger partial charge in [0, 0.05) is 16.6 Å². The summed E-state index contributed by atoms with van der Waals surface area (Å²) in [6, 6.07) is 4.07. The molecule has 0 aliphatic rings. The van der Waals surface area contributed by atoms with Crippen molar-refractivity contribution < 1.29 is 4.39 Å². The predicted molar refractivity (Wildman–Crippen MR) is 68.2 cm³/mol. The third kappa shape index (κ3) is 2.40. The van der Waals surface area contributed by atoms with Gasteiger partial charge in [0.2, 0.25) is 0 Å². The normalized spacial score (nSPS) is 11.1. The number of nitrogens with zero attached hydrogens (tertiary/aromatic N) is 2. The maximum atomic E-state index is 13.1. The Kier molecular flexibility index (Phi) is 3.42. The zero-order valence-electron chi connectivity index (χ0n) is 9.98. The molecular formula is C11H13FN4OS. The minimum atomic E-state index is -0.374. The van der Waals surface area contributed by atoms with Crippen molar-refractivity contribution in [1.29, 1.82) is 0 Å². The van der Waals surface area contributed by atoms with Crippen LogP contribution in [0.5, 0.6) is 0 Å². The molecule has 0 saturated heterocycles. The van der Waals surface area contributed by atoms with Crippen molar-refractivity contribution in [2.45, 2.75) is 29.9 Å². The van der Waals surface area contributed by atoms with Crippen LogP contribution in [0.2, 0.25) is 0 Å². The number of nitrogen functional groups attached to an aromatic ring is 1. The van der Waals surface area contributed by atoms with Crippen molar-refractivity contribution in [1.82, 2.24) is 14.8 Å². The fourth-order valence-corrected chi connectivity index (χ4v) is 2.55. The van der Waals surface area contributed by atoms with Gasteiger partial charge in [-0.1, -0.05) is 0 Å². The first kappa shape index (κ1) is 12.7. The Morgan fingerprint density at radius 1 is 1.50 bits per heavy atom. The second-order valence-corrected chi connectivity index (χ2v) is 5.07. The second kappa shape index (κ2) is 4.85. The minimum absolute atomic E-state index is 0.0338. The van der Waals surface area contributed by atoms with Crippen LogP contribution in [-0.4, -0.2) is 14.8 Å². The Hall–Kier alpha value is -1.76. The lowest BCUT2D eigenvalue weighted by Crippen LogP contribution is -2.19. The molecule has 0 aliphatic heterocycles. The smallest absolute Gasteiger partial charge is 0.344 e. The molecule has 1 aromatic heterocycles. The predicted octanol–water partition coefficient (Wildman–Crippen LogP) is 2.02. The summed E-state index contributed by atoms with van der Waals surface area (Å²) in [5, 5.41) is 6.75. The Morgan fingerprint density at radius 2 is 2.22 bits per heavy atom. The maximum Gasteiger partial charge on any atom is 0.344 e. The Morgan fingerprint density at radius 3 is 2.89 bits per heavy atom. The summed E-state index contributed by atoms with van der Waals surface area (Å²) in [4.78, 5) is 12.1. The lowest BCUT2D eigenvalue weighted by molar-refractivity contribution is 0.534. The van der Waals surface area contributed by atoms with Gasteiger partial charge in [-0.3, -0.25) is 4.57 Å². The van der Waals surface area contributed by atoms with Crippen molar-refractivity contribution in [2.24, 2.45) is 0 Å². The third-order valence-corrected chi connectivity index (χ3v) is 3.41. The molecule has 7 heteroatoms. The van der Waals surface area contributed by atoms with Crippen molar-refractivity contribution >= 4 is 17.4 Å². The van der Waals surface area contributed by atoms with Gasteiger partial charge < -0.3 is 5.73 Å². The van der Waals surface area contributed by atoms with E-state index in [1.807, 2.05) is 13.8 Å². The van der Waals surface area contributed by atoms with Crippen LogP contribution >= 0.6 is 11.8 Å². The highest BCUT2D eigenvalue weighted by atomic mass is 32.2. The first-order chi connectivity index (χ1) is 8.49. The van der Waals surface area contributed by atoms with E-state index in [2.05, 4.69) is 10.2 Å². The minimum Gasteiger partial charge on any atom is -0.398 e. The number of nitrogens with one attached hydrogen (secondary N) is 1. The van der Waals surface area contributed by atoms with Gasteiger partial charge >= 0.3 is 5.69 Å². The fraction of sp³-hybridized carbons (Fsp3) is 0.273. The lowest BCUT2D eigenvalue weighted by Gasteiger charge is -2.09. The molecule has 0 aliphatic carbocycles. The van der Waals surface area contributed by atoms with Gasteiger partial charge in [-0.25, -0.2) is 14.3 Å². The van der Waals surface area contributed by atoms with E-state index >= 15 is 0 Å². The highest BCUT2D eigenvalue weighted by Crippen LogP contribution is 2.31. The van der Waals surface area contributed by atoms with E-state index in [-0.39, 0.29) is 17.5 Å². The highest BCUT2D eigenvalue weighted by molar-refractivity contribution is 7.99. The Bertz CT molecular complexity index is 620. The number of rotatable bonds is 3. The largest absolute Gasteiger partial charge is 0.398 e. The molecule has 0 bridgehead atoms.